The molecule has 1 atom stereocenters. The molecule has 134 valence electrons. The van der Waals surface area contributed by atoms with Crippen LogP contribution >= 0.6 is 0 Å². The maximum absolute atomic E-state index is 12.7. The van der Waals surface area contributed by atoms with Crippen molar-refractivity contribution in [1.29, 1.82) is 0 Å². The minimum Gasteiger partial charge on any atom is -0.460 e. The minimum atomic E-state index is -0.655. The van der Waals surface area contributed by atoms with E-state index in [1.165, 1.54) is 0 Å². The molecule has 0 aromatic heterocycles. The molecule has 0 N–H and O–H groups in total. The van der Waals surface area contributed by atoms with Crippen molar-refractivity contribution in [2.24, 2.45) is 0 Å². The van der Waals surface area contributed by atoms with Gasteiger partial charge in [0.05, 0.1) is 12.3 Å². The number of carbonyl (C=O) groups is 2. The predicted octanol–water partition coefficient (Wildman–Crippen LogP) is 4.62. The van der Waals surface area contributed by atoms with E-state index in [0.717, 1.165) is 5.56 Å². The number of benzene rings is 1. The molecule has 24 heavy (non-hydrogen) atoms. The van der Waals surface area contributed by atoms with Crippen molar-refractivity contribution in [3.8, 4) is 0 Å². The highest BCUT2D eigenvalue weighted by Crippen LogP contribution is 2.27. The van der Waals surface area contributed by atoms with Gasteiger partial charge in [0.25, 0.3) is 0 Å². The molecule has 4 heteroatoms. The lowest BCUT2D eigenvalue weighted by Crippen LogP contribution is -2.33. The summed E-state index contributed by atoms with van der Waals surface area (Å²) in [5.41, 5.74) is -0.331. The molecule has 0 aliphatic heterocycles. The maximum Gasteiger partial charge on any atom is 0.314 e. The monoisotopic (exact) mass is 334 g/mol. The summed E-state index contributed by atoms with van der Waals surface area (Å²) in [5, 5.41) is 0. The average molecular weight is 334 g/mol. The lowest BCUT2D eigenvalue weighted by atomic mass is 9.95. The maximum atomic E-state index is 12.7. The summed E-state index contributed by atoms with van der Waals surface area (Å²) in [5.74, 6) is -1.43. The van der Waals surface area contributed by atoms with Crippen LogP contribution in [0.25, 0.3) is 0 Å². The molecule has 0 aliphatic carbocycles. The smallest absolute Gasteiger partial charge is 0.314 e. The molecule has 1 aromatic rings. The molecule has 0 saturated carbocycles. The van der Waals surface area contributed by atoms with E-state index < -0.39 is 17.1 Å². The Morgan fingerprint density at radius 3 is 1.92 bits per heavy atom. The Morgan fingerprint density at radius 2 is 1.42 bits per heavy atom. The Kier molecular flexibility index (Phi) is 7.00. The van der Waals surface area contributed by atoms with E-state index >= 15 is 0 Å². The zero-order valence-corrected chi connectivity index (χ0v) is 15.7. The van der Waals surface area contributed by atoms with Gasteiger partial charge < -0.3 is 9.47 Å². The molecule has 0 saturated heterocycles. The van der Waals surface area contributed by atoms with E-state index in [1.807, 2.05) is 71.9 Å². The molecule has 0 radical (unpaired) electrons. The predicted molar refractivity (Wildman–Crippen MR) is 94.7 cm³/mol. The van der Waals surface area contributed by atoms with E-state index in [2.05, 4.69) is 0 Å². The molecule has 1 rings (SSSR count). The molecule has 0 aliphatic rings. The summed E-state index contributed by atoms with van der Waals surface area (Å²) in [7, 11) is 0. The summed E-state index contributed by atoms with van der Waals surface area (Å²) < 4.78 is 11.1. The van der Waals surface area contributed by atoms with Gasteiger partial charge in [-0.2, -0.15) is 0 Å². The highest BCUT2D eigenvalue weighted by molar-refractivity contribution is 5.84. The van der Waals surface area contributed by atoms with E-state index in [4.69, 9.17) is 9.47 Å². The Labute approximate surface area is 145 Å². The summed E-state index contributed by atoms with van der Waals surface area (Å²) in [6, 6.07) is 9.25. The summed E-state index contributed by atoms with van der Waals surface area (Å²) in [6.45, 7) is 11.4. The Bertz CT molecular complexity index is 546. The lowest BCUT2D eigenvalue weighted by Gasteiger charge is -2.28. The minimum absolute atomic E-state index is 0.0218. The van der Waals surface area contributed by atoms with Gasteiger partial charge in [-0.3, -0.25) is 9.59 Å². The highest BCUT2D eigenvalue weighted by Gasteiger charge is 2.32. The van der Waals surface area contributed by atoms with Crippen LogP contribution < -0.4 is 0 Å². The second-order valence-corrected chi connectivity index (χ2v) is 7.29. The van der Waals surface area contributed by atoms with Crippen LogP contribution in [0.4, 0.5) is 0 Å². The third kappa shape index (κ3) is 6.34. The van der Waals surface area contributed by atoms with Gasteiger partial charge in [0.15, 0.2) is 0 Å². The molecular weight excluding hydrogens is 304 g/mol. The van der Waals surface area contributed by atoms with Crippen LogP contribution in [0.3, 0.4) is 0 Å². The van der Waals surface area contributed by atoms with Crippen molar-refractivity contribution < 1.29 is 19.1 Å². The topological polar surface area (TPSA) is 52.6 Å². The fourth-order valence-corrected chi connectivity index (χ4v) is 2.03. The third-order valence-corrected chi connectivity index (χ3v) is 4.33. The standard InChI is InChI=1S/C20H30O4/c1-7-19(3,4)23-17(21)14-16(15-12-10-9-11-13-15)18(22)24-20(5,6)8-2/h9-13,16H,7-8,14H2,1-6H3. The first-order chi connectivity index (χ1) is 11.1. The van der Waals surface area contributed by atoms with Gasteiger partial charge in [0.2, 0.25) is 0 Å². The highest BCUT2D eigenvalue weighted by atomic mass is 16.6. The molecule has 1 unspecified atom stereocenters. The zero-order valence-electron chi connectivity index (χ0n) is 15.7. The van der Waals surface area contributed by atoms with Gasteiger partial charge in [-0.15, -0.1) is 0 Å². The van der Waals surface area contributed by atoms with Crippen molar-refractivity contribution in [1.82, 2.24) is 0 Å². The summed E-state index contributed by atoms with van der Waals surface area (Å²) in [4.78, 5) is 25.0. The molecule has 0 bridgehead atoms. The van der Waals surface area contributed by atoms with Crippen LogP contribution in [0.1, 0.15) is 72.3 Å². The van der Waals surface area contributed by atoms with Crippen molar-refractivity contribution >= 4 is 11.9 Å². The number of esters is 2. The number of hydrogen-bond acceptors (Lipinski definition) is 4. The van der Waals surface area contributed by atoms with Gasteiger partial charge in [0.1, 0.15) is 11.2 Å². The van der Waals surface area contributed by atoms with Crippen LogP contribution in [0, 0.1) is 0 Å². The van der Waals surface area contributed by atoms with Crippen LogP contribution in [-0.4, -0.2) is 23.1 Å². The quantitative estimate of drug-likeness (QED) is 0.651. The fourth-order valence-electron chi connectivity index (χ4n) is 2.03. The number of rotatable bonds is 8. The van der Waals surface area contributed by atoms with Crippen molar-refractivity contribution in [2.75, 3.05) is 0 Å². The first-order valence-corrected chi connectivity index (χ1v) is 8.60. The molecule has 0 amide bonds. The number of hydrogen-bond donors (Lipinski definition) is 0. The Hall–Kier alpha value is -1.84. The Balaban J connectivity index is 2.95. The van der Waals surface area contributed by atoms with Gasteiger partial charge in [-0.25, -0.2) is 0 Å². The Morgan fingerprint density at radius 1 is 0.917 bits per heavy atom. The fraction of sp³-hybridized carbons (Fsp3) is 0.600. The molecule has 0 spiro atoms. The molecule has 0 heterocycles. The average Bonchev–Trinajstić information content (AvgIpc) is 2.52. The molecular formula is C20H30O4. The van der Waals surface area contributed by atoms with Crippen molar-refractivity contribution in [3.05, 3.63) is 35.9 Å². The second-order valence-electron chi connectivity index (χ2n) is 7.29. The van der Waals surface area contributed by atoms with E-state index in [9.17, 15) is 9.59 Å². The van der Waals surface area contributed by atoms with E-state index in [-0.39, 0.29) is 18.4 Å². The van der Waals surface area contributed by atoms with Gasteiger partial charge >= 0.3 is 11.9 Å². The third-order valence-electron chi connectivity index (χ3n) is 4.33. The first-order valence-electron chi connectivity index (χ1n) is 8.60. The largest absolute Gasteiger partial charge is 0.460 e. The van der Waals surface area contributed by atoms with Crippen LogP contribution in [0.2, 0.25) is 0 Å². The summed E-state index contributed by atoms with van der Waals surface area (Å²) >= 11 is 0. The van der Waals surface area contributed by atoms with Gasteiger partial charge in [-0.1, -0.05) is 44.2 Å². The first kappa shape index (κ1) is 20.2. The van der Waals surface area contributed by atoms with Crippen LogP contribution in [0.15, 0.2) is 30.3 Å². The van der Waals surface area contributed by atoms with Crippen molar-refractivity contribution in [2.45, 2.75) is 77.9 Å². The summed E-state index contributed by atoms with van der Waals surface area (Å²) in [6.07, 6.45) is 1.39. The molecule has 0 fully saturated rings. The second kappa shape index (κ2) is 8.32. The zero-order chi connectivity index (χ0) is 18.4. The van der Waals surface area contributed by atoms with Crippen LogP contribution in [-0.2, 0) is 19.1 Å². The van der Waals surface area contributed by atoms with Gasteiger partial charge in [-0.05, 0) is 46.1 Å². The lowest BCUT2D eigenvalue weighted by molar-refractivity contribution is -0.166. The van der Waals surface area contributed by atoms with Crippen LogP contribution in [0.5, 0.6) is 0 Å². The molecule has 4 nitrogen and oxygen atoms in total. The SMILES string of the molecule is CCC(C)(C)OC(=O)CC(C(=O)OC(C)(C)CC)c1ccccc1. The van der Waals surface area contributed by atoms with E-state index in [1.54, 1.807) is 0 Å². The van der Waals surface area contributed by atoms with Crippen molar-refractivity contribution in [3.63, 3.8) is 0 Å². The normalized spacial score (nSPS) is 13.2. The number of carbonyl (C=O) groups excluding carboxylic acids is 2. The number of ether oxygens (including phenoxy) is 2. The van der Waals surface area contributed by atoms with E-state index in [0.29, 0.717) is 12.8 Å². The van der Waals surface area contributed by atoms with Gasteiger partial charge in [0, 0.05) is 0 Å². The molecule has 1 aromatic carbocycles.